The molecule has 4 rings (SSSR count). The fourth-order valence-corrected chi connectivity index (χ4v) is 3.86. The van der Waals surface area contributed by atoms with Gasteiger partial charge in [-0.05, 0) is 27.9 Å². The van der Waals surface area contributed by atoms with Crippen LogP contribution in [0.5, 0.6) is 0 Å². The number of carbonyl (C=O) groups excluding carboxylic acids is 1. The number of hydrogen-bond acceptors (Lipinski definition) is 3. The van der Waals surface area contributed by atoms with Gasteiger partial charge in [0.2, 0.25) is 5.91 Å². The van der Waals surface area contributed by atoms with E-state index < -0.39 is 0 Å². The lowest BCUT2D eigenvalue weighted by Crippen LogP contribution is -2.53. The first kappa shape index (κ1) is 10.0. The predicted molar refractivity (Wildman–Crippen MR) is 64.6 cm³/mol. The lowest BCUT2D eigenvalue weighted by atomic mass is 9.54. The third-order valence-electron chi connectivity index (χ3n) is 4.27. The monoisotopic (exact) mass is 294 g/mol. The largest absolute Gasteiger partial charge is 0.381 e. The first-order chi connectivity index (χ1) is 8.25. The molecule has 0 spiro atoms. The van der Waals surface area contributed by atoms with Crippen molar-refractivity contribution in [3.05, 3.63) is 22.3 Å². The molecule has 1 saturated carbocycles. The van der Waals surface area contributed by atoms with E-state index in [9.17, 15) is 4.79 Å². The zero-order valence-electron chi connectivity index (χ0n) is 9.02. The molecular formula is C12H11BrN2O2. The highest BCUT2D eigenvalue weighted by Gasteiger charge is 2.59. The lowest BCUT2D eigenvalue weighted by Gasteiger charge is -2.49. The Bertz CT molecular complexity index is 519. The molecule has 1 aliphatic carbocycles. The van der Waals surface area contributed by atoms with E-state index >= 15 is 0 Å². The van der Waals surface area contributed by atoms with Crippen molar-refractivity contribution in [1.29, 1.82) is 0 Å². The van der Waals surface area contributed by atoms with Gasteiger partial charge in [0, 0.05) is 28.1 Å². The molecule has 4 unspecified atom stereocenters. The molecule has 2 fully saturated rings. The van der Waals surface area contributed by atoms with E-state index in [0.717, 1.165) is 29.1 Å². The average molecular weight is 295 g/mol. The molecule has 0 radical (unpaired) electrons. The highest BCUT2D eigenvalue weighted by molar-refractivity contribution is 9.10. The zero-order chi connectivity index (χ0) is 11.6. The average Bonchev–Trinajstić information content (AvgIpc) is 2.66. The Labute approximate surface area is 107 Å². The van der Waals surface area contributed by atoms with Gasteiger partial charge in [0.25, 0.3) is 0 Å². The zero-order valence-corrected chi connectivity index (χ0v) is 10.6. The number of amides is 1. The number of ether oxygens (including phenoxy) is 1. The van der Waals surface area contributed by atoms with E-state index in [1.54, 1.807) is 6.20 Å². The van der Waals surface area contributed by atoms with Crippen LogP contribution in [0.25, 0.3) is 0 Å². The fraction of sp³-hybridized carbons (Fsp3) is 0.500. The molecule has 1 N–H and O–H groups in total. The maximum atomic E-state index is 12.0. The van der Waals surface area contributed by atoms with Gasteiger partial charge in [-0.2, -0.15) is 0 Å². The van der Waals surface area contributed by atoms with Gasteiger partial charge in [-0.15, -0.1) is 0 Å². The van der Waals surface area contributed by atoms with Crippen LogP contribution in [0.4, 0.5) is 5.82 Å². The van der Waals surface area contributed by atoms with E-state index in [1.165, 1.54) is 0 Å². The van der Waals surface area contributed by atoms with Crippen molar-refractivity contribution in [3.8, 4) is 0 Å². The molecule has 4 atom stereocenters. The van der Waals surface area contributed by atoms with Gasteiger partial charge in [0.1, 0.15) is 5.82 Å². The van der Waals surface area contributed by atoms with Crippen molar-refractivity contribution >= 4 is 27.7 Å². The molecule has 1 aromatic heterocycles. The molecule has 17 heavy (non-hydrogen) atoms. The van der Waals surface area contributed by atoms with Crippen LogP contribution in [0.2, 0.25) is 0 Å². The van der Waals surface area contributed by atoms with Crippen molar-refractivity contribution in [2.24, 2.45) is 17.8 Å². The summed E-state index contributed by atoms with van der Waals surface area (Å²) < 4.78 is 6.47. The molecule has 88 valence electrons. The summed E-state index contributed by atoms with van der Waals surface area (Å²) in [5, 5.41) is 2.90. The van der Waals surface area contributed by atoms with Crippen molar-refractivity contribution < 1.29 is 9.53 Å². The van der Waals surface area contributed by atoms with Gasteiger partial charge in [0.15, 0.2) is 0 Å². The molecule has 3 aliphatic rings. The number of anilines is 1. The van der Waals surface area contributed by atoms with Crippen LogP contribution >= 0.6 is 15.9 Å². The van der Waals surface area contributed by atoms with Crippen molar-refractivity contribution in [1.82, 2.24) is 4.98 Å². The summed E-state index contributed by atoms with van der Waals surface area (Å²) in [6, 6.07) is 2.08. The number of pyridine rings is 1. The maximum absolute atomic E-state index is 12.0. The van der Waals surface area contributed by atoms with E-state index in [-0.39, 0.29) is 11.8 Å². The molecule has 4 nitrogen and oxygen atoms in total. The van der Waals surface area contributed by atoms with E-state index in [2.05, 4.69) is 32.3 Å². The fourth-order valence-electron chi connectivity index (χ4n) is 3.51. The molecule has 3 heterocycles. The number of carbonyl (C=O) groups is 1. The van der Waals surface area contributed by atoms with Gasteiger partial charge in [-0.25, -0.2) is 4.98 Å². The SMILES string of the molecule is O=C1Nc2ncc(Br)cc2C2C3COCC3C12. The molecule has 0 bridgehead atoms. The number of rotatable bonds is 0. The second-order valence-electron chi connectivity index (χ2n) is 5.00. The van der Waals surface area contributed by atoms with Crippen LogP contribution in [-0.4, -0.2) is 24.1 Å². The molecule has 2 aliphatic heterocycles. The van der Waals surface area contributed by atoms with Crippen molar-refractivity contribution in [2.75, 3.05) is 18.5 Å². The van der Waals surface area contributed by atoms with Crippen LogP contribution in [0.15, 0.2) is 16.7 Å². The highest BCUT2D eigenvalue weighted by Crippen LogP contribution is 2.58. The van der Waals surface area contributed by atoms with Gasteiger partial charge in [0.05, 0.1) is 19.1 Å². The minimum Gasteiger partial charge on any atom is -0.381 e. The summed E-state index contributed by atoms with van der Waals surface area (Å²) in [7, 11) is 0. The minimum absolute atomic E-state index is 0.0890. The molecular weight excluding hydrogens is 284 g/mol. The Morgan fingerprint density at radius 3 is 2.94 bits per heavy atom. The summed E-state index contributed by atoms with van der Waals surface area (Å²) in [5.74, 6) is 2.14. The Balaban J connectivity index is 1.83. The predicted octanol–water partition coefficient (Wildman–Crippen LogP) is 1.77. The van der Waals surface area contributed by atoms with Crippen molar-refractivity contribution in [3.63, 3.8) is 0 Å². The van der Waals surface area contributed by atoms with Crippen molar-refractivity contribution in [2.45, 2.75) is 5.92 Å². The summed E-state index contributed by atoms with van der Waals surface area (Å²) in [6.45, 7) is 1.51. The summed E-state index contributed by atoms with van der Waals surface area (Å²) in [5.41, 5.74) is 1.16. The quantitative estimate of drug-likeness (QED) is 0.793. The maximum Gasteiger partial charge on any atom is 0.229 e. The number of fused-ring (bicyclic) bond motifs is 6. The first-order valence-corrected chi connectivity index (χ1v) is 6.59. The Morgan fingerprint density at radius 2 is 2.12 bits per heavy atom. The van der Waals surface area contributed by atoms with Crippen LogP contribution in [0.1, 0.15) is 11.5 Å². The summed E-state index contributed by atoms with van der Waals surface area (Å²) in [4.78, 5) is 16.3. The number of hydrogen-bond donors (Lipinski definition) is 1. The Hall–Kier alpha value is -0.940. The third-order valence-corrected chi connectivity index (χ3v) is 4.70. The van der Waals surface area contributed by atoms with Crippen LogP contribution in [0, 0.1) is 17.8 Å². The topological polar surface area (TPSA) is 51.2 Å². The van der Waals surface area contributed by atoms with Gasteiger partial charge in [-0.1, -0.05) is 0 Å². The van der Waals surface area contributed by atoms with E-state index in [1.807, 2.05) is 0 Å². The second-order valence-corrected chi connectivity index (χ2v) is 5.91. The number of aromatic nitrogens is 1. The number of nitrogens with one attached hydrogen (secondary N) is 1. The molecule has 1 aromatic rings. The normalized spacial score (nSPS) is 37.6. The van der Waals surface area contributed by atoms with Crippen LogP contribution in [0.3, 0.4) is 0 Å². The third kappa shape index (κ3) is 1.21. The minimum atomic E-state index is 0.0890. The summed E-state index contributed by atoms with van der Waals surface area (Å²) in [6.07, 6.45) is 1.72. The molecule has 1 saturated heterocycles. The van der Waals surface area contributed by atoms with E-state index in [4.69, 9.17) is 4.74 Å². The van der Waals surface area contributed by atoms with Gasteiger partial charge < -0.3 is 10.1 Å². The van der Waals surface area contributed by atoms with E-state index in [0.29, 0.717) is 17.8 Å². The second kappa shape index (κ2) is 3.29. The molecule has 5 heteroatoms. The van der Waals surface area contributed by atoms with Gasteiger partial charge >= 0.3 is 0 Å². The van der Waals surface area contributed by atoms with Crippen LogP contribution in [-0.2, 0) is 9.53 Å². The number of nitrogens with zero attached hydrogens (tertiary/aromatic N) is 1. The lowest BCUT2D eigenvalue weighted by molar-refractivity contribution is -0.129. The Morgan fingerprint density at radius 1 is 1.35 bits per heavy atom. The summed E-state index contributed by atoms with van der Waals surface area (Å²) >= 11 is 3.44. The number of halogens is 1. The van der Waals surface area contributed by atoms with Crippen LogP contribution < -0.4 is 5.32 Å². The van der Waals surface area contributed by atoms with Gasteiger partial charge in [-0.3, -0.25) is 4.79 Å². The standard InChI is InChI=1S/C12H11BrN2O2/c13-5-1-6-9-7-3-17-4-8(7)10(9)12(16)15-11(6)14-2-5/h1-2,7-10H,3-4H2,(H,14,15,16). The molecule has 0 aromatic carbocycles. The molecule has 1 amide bonds. The Kier molecular flexibility index (Phi) is 1.94. The first-order valence-electron chi connectivity index (χ1n) is 5.80. The highest BCUT2D eigenvalue weighted by atomic mass is 79.9. The smallest absolute Gasteiger partial charge is 0.229 e.